The molecule has 162 valence electrons. The highest BCUT2D eigenvalue weighted by molar-refractivity contribution is 7.80. The van der Waals surface area contributed by atoms with Gasteiger partial charge < -0.3 is 19.2 Å². The summed E-state index contributed by atoms with van der Waals surface area (Å²) in [6.07, 6.45) is 7.21. The number of nitrogens with zero attached hydrogens (tertiary/aromatic N) is 4. The summed E-state index contributed by atoms with van der Waals surface area (Å²) in [4.78, 5) is 11.0. The molecule has 1 aliphatic heterocycles. The Morgan fingerprint density at radius 2 is 1.88 bits per heavy atom. The van der Waals surface area contributed by atoms with Gasteiger partial charge in [0.05, 0.1) is 30.6 Å². The lowest BCUT2D eigenvalue weighted by Crippen LogP contribution is -2.29. The molecule has 1 aliphatic rings. The van der Waals surface area contributed by atoms with Crippen molar-refractivity contribution >= 4 is 17.3 Å². The first-order valence-corrected chi connectivity index (χ1v) is 11.1. The summed E-state index contributed by atoms with van der Waals surface area (Å²) in [5, 5.41) is 4.23. The maximum absolute atomic E-state index is 5.79. The Hall–Kier alpha value is -3.45. The summed E-state index contributed by atoms with van der Waals surface area (Å²) in [5.74, 6) is 0.881. The van der Waals surface area contributed by atoms with Crippen molar-refractivity contribution < 1.29 is 4.42 Å². The quantitative estimate of drug-likeness (QED) is 0.436. The van der Waals surface area contributed by atoms with E-state index in [0.717, 1.165) is 18.0 Å². The van der Waals surface area contributed by atoms with E-state index in [9.17, 15) is 0 Å². The maximum atomic E-state index is 5.79. The molecule has 0 aliphatic carbocycles. The number of furan rings is 1. The molecule has 0 amide bonds. The molecule has 5 rings (SSSR count). The number of hydrogen-bond donors (Lipinski definition) is 1. The molecule has 2 unspecified atom stereocenters. The molecule has 1 saturated heterocycles. The topological polar surface area (TPSA) is 59.1 Å². The van der Waals surface area contributed by atoms with Gasteiger partial charge in [-0.1, -0.05) is 6.07 Å². The van der Waals surface area contributed by atoms with Crippen LogP contribution in [0.2, 0.25) is 0 Å². The van der Waals surface area contributed by atoms with Crippen molar-refractivity contribution in [1.82, 2.24) is 24.8 Å². The number of aryl methyl sites for hydroxylation is 1. The minimum Gasteiger partial charge on any atom is -0.467 e. The second-order valence-electron chi connectivity index (χ2n) is 8.10. The third-order valence-corrected chi connectivity index (χ3v) is 6.48. The van der Waals surface area contributed by atoms with Gasteiger partial charge in [-0.25, -0.2) is 0 Å². The van der Waals surface area contributed by atoms with Gasteiger partial charge in [0.2, 0.25) is 0 Å². The Morgan fingerprint density at radius 1 is 1.03 bits per heavy atom. The van der Waals surface area contributed by atoms with Gasteiger partial charge in [-0.3, -0.25) is 9.97 Å². The summed E-state index contributed by atoms with van der Waals surface area (Å²) in [7, 11) is 0. The smallest absolute Gasteiger partial charge is 0.170 e. The zero-order chi connectivity index (χ0) is 22.1. The standard InChI is InChI=1S/C25H25N5OS/c1-17-14-21(18(2)29(17)15-19-8-11-26-12-9-19)24-23(22-7-3-4-10-27-22)28-25(32)30(24)16-20-6-5-13-31-20/h3-14,23-24H,15-16H2,1-2H3,(H,28,32). The summed E-state index contributed by atoms with van der Waals surface area (Å²) in [5.41, 5.74) is 5.88. The molecule has 0 radical (unpaired) electrons. The Labute approximate surface area is 192 Å². The molecule has 0 saturated carbocycles. The van der Waals surface area contributed by atoms with E-state index in [1.807, 2.05) is 42.9 Å². The molecule has 7 heteroatoms. The van der Waals surface area contributed by atoms with Crippen LogP contribution in [-0.2, 0) is 13.1 Å². The van der Waals surface area contributed by atoms with Crippen molar-refractivity contribution in [2.24, 2.45) is 0 Å². The van der Waals surface area contributed by atoms with Crippen LogP contribution in [-0.4, -0.2) is 24.5 Å². The van der Waals surface area contributed by atoms with Crippen LogP contribution in [0.5, 0.6) is 0 Å². The second-order valence-corrected chi connectivity index (χ2v) is 8.49. The normalized spacial score (nSPS) is 18.2. The second kappa shape index (κ2) is 8.59. The van der Waals surface area contributed by atoms with Crippen molar-refractivity contribution in [3.63, 3.8) is 0 Å². The fourth-order valence-electron chi connectivity index (χ4n) is 4.53. The summed E-state index contributed by atoms with van der Waals surface area (Å²) < 4.78 is 8.01. The van der Waals surface area contributed by atoms with Crippen LogP contribution >= 0.6 is 12.2 Å². The van der Waals surface area contributed by atoms with E-state index in [4.69, 9.17) is 16.6 Å². The van der Waals surface area contributed by atoms with Gasteiger partial charge in [0.25, 0.3) is 0 Å². The number of aromatic nitrogens is 3. The summed E-state index contributed by atoms with van der Waals surface area (Å²) >= 11 is 5.79. The highest BCUT2D eigenvalue weighted by Gasteiger charge is 2.41. The van der Waals surface area contributed by atoms with Crippen molar-refractivity contribution in [3.05, 3.63) is 107 Å². The van der Waals surface area contributed by atoms with Crippen molar-refractivity contribution in [3.8, 4) is 0 Å². The van der Waals surface area contributed by atoms with E-state index in [1.54, 1.807) is 6.26 Å². The van der Waals surface area contributed by atoms with Crippen LogP contribution in [0.4, 0.5) is 0 Å². The highest BCUT2D eigenvalue weighted by Crippen LogP contribution is 2.41. The Bertz CT molecular complexity index is 1200. The third kappa shape index (κ3) is 3.80. The lowest BCUT2D eigenvalue weighted by atomic mass is 9.96. The van der Waals surface area contributed by atoms with Gasteiger partial charge in [-0.15, -0.1) is 0 Å². The van der Waals surface area contributed by atoms with Crippen LogP contribution in [0.15, 0.2) is 77.8 Å². The molecule has 4 aromatic heterocycles. The van der Waals surface area contributed by atoms with Crippen LogP contribution in [0, 0.1) is 13.8 Å². The van der Waals surface area contributed by atoms with Crippen LogP contribution in [0.25, 0.3) is 0 Å². The van der Waals surface area contributed by atoms with Gasteiger partial charge in [0.1, 0.15) is 5.76 Å². The number of hydrogen-bond acceptors (Lipinski definition) is 4. The maximum Gasteiger partial charge on any atom is 0.170 e. The van der Waals surface area contributed by atoms with Crippen molar-refractivity contribution in [2.45, 2.75) is 39.0 Å². The van der Waals surface area contributed by atoms with Crippen LogP contribution < -0.4 is 5.32 Å². The molecule has 6 nitrogen and oxygen atoms in total. The number of thiocarbonyl (C=S) groups is 1. The van der Waals surface area contributed by atoms with Crippen LogP contribution in [0.3, 0.4) is 0 Å². The van der Waals surface area contributed by atoms with Crippen LogP contribution in [0.1, 0.15) is 46.1 Å². The van der Waals surface area contributed by atoms with Gasteiger partial charge in [0.15, 0.2) is 5.11 Å². The first kappa shape index (κ1) is 20.5. The Kier molecular flexibility index (Phi) is 5.49. The molecule has 1 fully saturated rings. The molecule has 4 aromatic rings. The molecular weight excluding hydrogens is 418 g/mol. The van der Waals surface area contributed by atoms with E-state index in [0.29, 0.717) is 11.7 Å². The molecule has 32 heavy (non-hydrogen) atoms. The molecular formula is C25H25N5OS. The van der Waals surface area contributed by atoms with Gasteiger partial charge >= 0.3 is 0 Å². The van der Waals surface area contributed by atoms with E-state index in [1.165, 1.54) is 22.5 Å². The molecule has 0 spiro atoms. The minimum atomic E-state index is -0.0477. The average molecular weight is 444 g/mol. The predicted molar refractivity (Wildman–Crippen MR) is 127 cm³/mol. The van der Waals surface area contributed by atoms with Crippen molar-refractivity contribution in [2.75, 3.05) is 0 Å². The van der Waals surface area contributed by atoms with Gasteiger partial charge in [-0.05, 0) is 79.7 Å². The fraction of sp³-hybridized carbons (Fsp3) is 0.240. The monoisotopic (exact) mass is 443 g/mol. The van der Waals surface area contributed by atoms with Crippen molar-refractivity contribution in [1.29, 1.82) is 0 Å². The Morgan fingerprint density at radius 3 is 2.59 bits per heavy atom. The third-order valence-electron chi connectivity index (χ3n) is 6.13. The summed E-state index contributed by atoms with van der Waals surface area (Å²) in [6, 6.07) is 16.3. The lowest BCUT2D eigenvalue weighted by molar-refractivity contribution is 0.286. The zero-order valence-corrected chi connectivity index (χ0v) is 18.9. The van der Waals surface area contributed by atoms with E-state index in [2.05, 4.69) is 62.9 Å². The minimum absolute atomic E-state index is 0.000102. The number of pyridine rings is 2. The van der Waals surface area contributed by atoms with Gasteiger partial charge in [0, 0.05) is 36.5 Å². The Balaban J connectivity index is 1.56. The van der Waals surface area contributed by atoms with Gasteiger partial charge in [-0.2, -0.15) is 0 Å². The molecule has 0 bridgehead atoms. The van der Waals surface area contributed by atoms with E-state index >= 15 is 0 Å². The fourth-order valence-corrected chi connectivity index (χ4v) is 4.83. The molecule has 2 atom stereocenters. The van der Waals surface area contributed by atoms with E-state index in [-0.39, 0.29) is 12.1 Å². The highest BCUT2D eigenvalue weighted by atomic mass is 32.1. The largest absolute Gasteiger partial charge is 0.467 e. The molecule has 1 N–H and O–H groups in total. The number of rotatable bonds is 6. The predicted octanol–water partition coefficient (Wildman–Crippen LogP) is 4.71. The first-order valence-electron chi connectivity index (χ1n) is 10.7. The van der Waals surface area contributed by atoms with E-state index < -0.39 is 0 Å². The molecule has 0 aromatic carbocycles. The average Bonchev–Trinajstić information content (AvgIpc) is 3.51. The summed E-state index contributed by atoms with van der Waals surface area (Å²) in [6.45, 7) is 5.74. The zero-order valence-electron chi connectivity index (χ0n) is 18.1. The first-order chi connectivity index (χ1) is 15.6. The number of nitrogens with one attached hydrogen (secondary N) is 1. The molecule has 5 heterocycles. The lowest BCUT2D eigenvalue weighted by Gasteiger charge is -2.27. The SMILES string of the molecule is Cc1cc(C2C(c3ccccn3)NC(=S)N2Cc2ccco2)c(C)n1Cc1ccncc1.